The number of carbonyl (C=O) groups excluding carboxylic acids is 2. The molecule has 0 unspecified atom stereocenters. The van der Waals surface area contributed by atoms with Crippen LogP contribution < -0.4 is 5.73 Å². The molecule has 0 heterocycles. The van der Waals surface area contributed by atoms with Crippen LogP contribution in [0.15, 0.2) is 24.3 Å². The summed E-state index contributed by atoms with van der Waals surface area (Å²) in [6.45, 7) is 4.93. The maximum atomic E-state index is 12.0. The fourth-order valence-corrected chi connectivity index (χ4v) is 1.28. The quantitative estimate of drug-likeness (QED) is 0.603. The zero-order valence-corrected chi connectivity index (χ0v) is 9.20. The minimum atomic E-state index is -1.15. The Bertz CT molecular complexity index is 408. The van der Waals surface area contributed by atoms with E-state index in [2.05, 4.69) is 0 Å². The van der Waals surface area contributed by atoms with Crippen LogP contribution >= 0.6 is 0 Å². The van der Waals surface area contributed by atoms with E-state index in [-0.39, 0.29) is 5.78 Å². The molecule has 3 heteroatoms. The van der Waals surface area contributed by atoms with E-state index in [1.54, 1.807) is 26.0 Å². The Kier molecular flexibility index (Phi) is 2.93. The first-order valence-electron chi connectivity index (χ1n) is 4.77. The van der Waals surface area contributed by atoms with Crippen molar-refractivity contribution in [3.63, 3.8) is 0 Å². The Morgan fingerprint density at radius 2 is 1.73 bits per heavy atom. The molecule has 2 N–H and O–H groups in total. The van der Waals surface area contributed by atoms with Crippen molar-refractivity contribution in [2.75, 3.05) is 0 Å². The second-order valence-electron chi connectivity index (χ2n) is 4.13. The van der Waals surface area contributed by atoms with Crippen molar-refractivity contribution in [2.24, 2.45) is 11.1 Å². The molecule has 0 saturated carbocycles. The summed E-state index contributed by atoms with van der Waals surface area (Å²) in [6.07, 6.45) is 0. The largest absolute Gasteiger partial charge is 0.369 e. The van der Waals surface area contributed by atoms with Crippen molar-refractivity contribution < 1.29 is 9.59 Å². The molecule has 0 aliphatic rings. The number of hydrogen-bond donors (Lipinski definition) is 1. The Morgan fingerprint density at radius 3 is 2.20 bits per heavy atom. The highest BCUT2D eigenvalue weighted by molar-refractivity contribution is 6.13. The third kappa shape index (κ3) is 2.06. The molecular formula is C12H15NO2. The van der Waals surface area contributed by atoms with Gasteiger partial charge >= 0.3 is 0 Å². The molecular weight excluding hydrogens is 190 g/mol. The summed E-state index contributed by atoms with van der Waals surface area (Å²) in [7, 11) is 0. The summed E-state index contributed by atoms with van der Waals surface area (Å²) in [5.41, 5.74) is 5.47. The molecule has 0 spiro atoms. The Labute approximate surface area is 89.3 Å². The maximum Gasteiger partial charge on any atom is 0.230 e. The first kappa shape index (κ1) is 11.4. The van der Waals surface area contributed by atoms with Gasteiger partial charge in [0, 0.05) is 5.56 Å². The molecule has 80 valence electrons. The standard InChI is InChI=1S/C12H15NO2/c1-8-6-4-5-7-9(8)10(14)12(2,3)11(13)15/h4-7H,1-3H3,(H2,13,15). The first-order valence-corrected chi connectivity index (χ1v) is 4.77. The number of aryl methyl sites for hydroxylation is 1. The first-order chi connectivity index (χ1) is 6.87. The van der Waals surface area contributed by atoms with E-state index in [0.717, 1.165) is 5.56 Å². The fourth-order valence-electron chi connectivity index (χ4n) is 1.28. The summed E-state index contributed by atoms with van der Waals surface area (Å²) < 4.78 is 0. The predicted molar refractivity (Wildman–Crippen MR) is 58.5 cm³/mol. The number of Topliss-reactive ketones (excluding diaryl/α,β-unsaturated/α-hetero) is 1. The van der Waals surface area contributed by atoms with Gasteiger partial charge in [-0.25, -0.2) is 0 Å². The van der Waals surface area contributed by atoms with Crippen LogP contribution in [0, 0.1) is 12.3 Å². The second-order valence-corrected chi connectivity index (χ2v) is 4.13. The molecule has 0 fully saturated rings. The molecule has 0 bridgehead atoms. The lowest BCUT2D eigenvalue weighted by atomic mass is 9.82. The van der Waals surface area contributed by atoms with Crippen molar-refractivity contribution in [2.45, 2.75) is 20.8 Å². The summed E-state index contributed by atoms with van der Waals surface area (Å²) in [5.74, 6) is -0.830. The van der Waals surface area contributed by atoms with Crippen LogP contribution in [0.3, 0.4) is 0 Å². The number of hydrogen-bond acceptors (Lipinski definition) is 2. The lowest BCUT2D eigenvalue weighted by molar-refractivity contribution is -0.123. The van der Waals surface area contributed by atoms with Crippen LogP contribution in [-0.4, -0.2) is 11.7 Å². The van der Waals surface area contributed by atoms with E-state index >= 15 is 0 Å². The van der Waals surface area contributed by atoms with Gasteiger partial charge in [-0.05, 0) is 26.3 Å². The van der Waals surface area contributed by atoms with Crippen molar-refractivity contribution in [1.29, 1.82) is 0 Å². The number of benzene rings is 1. The maximum absolute atomic E-state index is 12.0. The average Bonchev–Trinajstić information content (AvgIpc) is 2.17. The fraction of sp³-hybridized carbons (Fsp3) is 0.333. The Balaban J connectivity index is 3.16. The van der Waals surface area contributed by atoms with Gasteiger partial charge in [-0.3, -0.25) is 9.59 Å². The van der Waals surface area contributed by atoms with E-state index in [4.69, 9.17) is 5.73 Å². The molecule has 1 aromatic rings. The van der Waals surface area contributed by atoms with E-state index in [1.165, 1.54) is 0 Å². The summed E-state index contributed by atoms with van der Waals surface area (Å²) in [4.78, 5) is 23.2. The minimum Gasteiger partial charge on any atom is -0.369 e. The molecule has 1 aromatic carbocycles. The number of ketones is 1. The smallest absolute Gasteiger partial charge is 0.230 e. The van der Waals surface area contributed by atoms with Crippen molar-refractivity contribution in [1.82, 2.24) is 0 Å². The molecule has 0 aromatic heterocycles. The zero-order chi connectivity index (χ0) is 11.6. The SMILES string of the molecule is Cc1ccccc1C(=O)C(C)(C)C(N)=O. The highest BCUT2D eigenvalue weighted by Crippen LogP contribution is 2.23. The van der Waals surface area contributed by atoms with Gasteiger partial charge in [0.25, 0.3) is 0 Å². The predicted octanol–water partition coefficient (Wildman–Crippen LogP) is 1.69. The number of nitrogens with two attached hydrogens (primary N) is 1. The molecule has 0 atom stereocenters. The molecule has 1 rings (SSSR count). The molecule has 1 amide bonds. The van der Waals surface area contributed by atoms with E-state index in [0.29, 0.717) is 5.56 Å². The van der Waals surface area contributed by atoms with Crippen LogP contribution in [0.2, 0.25) is 0 Å². The molecule has 3 nitrogen and oxygen atoms in total. The third-order valence-corrected chi connectivity index (χ3v) is 2.57. The highest BCUT2D eigenvalue weighted by Gasteiger charge is 2.35. The van der Waals surface area contributed by atoms with E-state index in [9.17, 15) is 9.59 Å². The third-order valence-electron chi connectivity index (χ3n) is 2.57. The van der Waals surface area contributed by atoms with Gasteiger partial charge in [0.2, 0.25) is 5.91 Å². The van der Waals surface area contributed by atoms with Crippen LogP contribution in [0.25, 0.3) is 0 Å². The van der Waals surface area contributed by atoms with Crippen molar-refractivity contribution >= 4 is 11.7 Å². The van der Waals surface area contributed by atoms with Crippen LogP contribution in [0.5, 0.6) is 0 Å². The van der Waals surface area contributed by atoms with E-state index in [1.807, 2.05) is 19.1 Å². The summed E-state index contributed by atoms with van der Waals surface area (Å²) >= 11 is 0. The molecule has 0 aliphatic heterocycles. The average molecular weight is 205 g/mol. The van der Waals surface area contributed by atoms with Gasteiger partial charge in [0.05, 0.1) is 0 Å². The monoisotopic (exact) mass is 205 g/mol. The normalized spacial score (nSPS) is 11.1. The van der Waals surface area contributed by atoms with Gasteiger partial charge in [-0.15, -0.1) is 0 Å². The molecule has 0 aliphatic carbocycles. The Morgan fingerprint density at radius 1 is 1.20 bits per heavy atom. The minimum absolute atomic E-state index is 0.229. The van der Waals surface area contributed by atoms with Crippen molar-refractivity contribution in [3.05, 3.63) is 35.4 Å². The molecule has 0 saturated heterocycles. The summed E-state index contributed by atoms with van der Waals surface area (Å²) in [5, 5.41) is 0. The van der Waals surface area contributed by atoms with Gasteiger partial charge < -0.3 is 5.73 Å². The van der Waals surface area contributed by atoms with Gasteiger partial charge in [-0.2, -0.15) is 0 Å². The lowest BCUT2D eigenvalue weighted by Gasteiger charge is -2.19. The number of rotatable bonds is 3. The summed E-state index contributed by atoms with van der Waals surface area (Å²) in [6, 6.07) is 7.17. The highest BCUT2D eigenvalue weighted by atomic mass is 16.2. The van der Waals surface area contributed by atoms with Gasteiger partial charge in [0.1, 0.15) is 5.41 Å². The molecule has 15 heavy (non-hydrogen) atoms. The number of amides is 1. The zero-order valence-electron chi connectivity index (χ0n) is 9.20. The Hall–Kier alpha value is -1.64. The second kappa shape index (κ2) is 3.85. The molecule has 0 radical (unpaired) electrons. The van der Waals surface area contributed by atoms with Gasteiger partial charge in [0.15, 0.2) is 5.78 Å². The topological polar surface area (TPSA) is 60.2 Å². The van der Waals surface area contributed by atoms with E-state index < -0.39 is 11.3 Å². The van der Waals surface area contributed by atoms with Gasteiger partial charge in [-0.1, -0.05) is 24.3 Å². The lowest BCUT2D eigenvalue weighted by Crippen LogP contribution is -2.39. The van der Waals surface area contributed by atoms with Crippen LogP contribution in [0.1, 0.15) is 29.8 Å². The van der Waals surface area contributed by atoms with Crippen LogP contribution in [-0.2, 0) is 4.79 Å². The number of carbonyl (C=O) groups is 2. The van der Waals surface area contributed by atoms with Crippen LogP contribution in [0.4, 0.5) is 0 Å². The number of primary amides is 1. The van der Waals surface area contributed by atoms with Crippen molar-refractivity contribution in [3.8, 4) is 0 Å².